The predicted molar refractivity (Wildman–Crippen MR) is 92.0 cm³/mol. The van der Waals surface area contributed by atoms with Crippen molar-refractivity contribution in [2.24, 2.45) is 0 Å². The molecule has 190 valence electrons. The Morgan fingerprint density at radius 3 is 1.12 bits per heavy atom. The SMILES string of the molecule is CC(O)(CC(O)c1cc(C(F)(F)F)cc(C(F)(F)F)c1)c1cc(C(F)(F)F)cc(C(F)(F)F)c1. The number of aliphatic hydroxyl groups excluding tert-OH is 1. The van der Waals surface area contributed by atoms with Gasteiger partial charge in [0.05, 0.1) is 34.0 Å². The van der Waals surface area contributed by atoms with E-state index in [0.29, 0.717) is 6.92 Å². The third kappa shape index (κ3) is 6.56. The highest BCUT2D eigenvalue weighted by atomic mass is 19.4. The van der Waals surface area contributed by atoms with Crippen molar-refractivity contribution < 1.29 is 62.9 Å². The molecule has 2 nitrogen and oxygen atoms in total. The minimum absolute atomic E-state index is 0.128. The lowest BCUT2D eigenvalue weighted by Gasteiger charge is -2.29. The van der Waals surface area contributed by atoms with Crippen molar-refractivity contribution in [3.8, 4) is 0 Å². The van der Waals surface area contributed by atoms with E-state index in [1.54, 1.807) is 0 Å². The van der Waals surface area contributed by atoms with Crippen molar-refractivity contribution >= 4 is 0 Å². The molecule has 0 aromatic heterocycles. The fourth-order valence-corrected chi connectivity index (χ4v) is 3.05. The van der Waals surface area contributed by atoms with Gasteiger partial charge >= 0.3 is 24.7 Å². The summed E-state index contributed by atoms with van der Waals surface area (Å²) in [5.74, 6) is 0. The molecule has 2 atom stereocenters. The molecule has 0 amide bonds. The monoisotopic (exact) mass is 514 g/mol. The van der Waals surface area contributed by atoms with Crippen LogP contribution in [-0.4, -0.2) is 10.2 Å². The van der Waals surface area contributed by atoms with Crippen LogP contribution in [-0.2, 0) is 30.3 Å². The predicted octanol–water partition coefficient (Wildman–Crippen LogP) is 7.09. The van der Waals surface area contributed by atoms with Gasteiger partial charge in [0.1, 0.15) is 0 Å². The second-order valence-electron chi connectivity index (χ2n) is 7.63. The Kier molecular flexibility index (Phi) is 7.05. The quantitative estimate of drug-likeness (QED) is 0.428. The molecule has 0 aliphatic carbocycles. The Labute approximate surface area is 183 Å². The fraction of sp³-hybridized carbons (Fsp3) is 0.400. The molecule has 0 saturated carbocycles. The molecule has 2 rings (SSSR count). The molecular weight excluding hydrogens is 500 g/mol. The number of hydrogen-bond acceptors (Lipinski definition) is 2. The van der Waals surface area contributed by atoms with Gasteiger partial charge in [0.2, 0.25) is 0 Å². The van der Waals surface area contributed by atoms with Gasteiger partial charge in [-0.3, -0.25) is 0 Å². The first-order chi connectivity index (χ1) is 15.0. The first-order valence-corrected chi connectivity index (χ1v) is 9.01. The molecule has 0 aliphatic heterocycles. The molecule has 2 aromatic carbocycles. The lowest BCUT2D eigenvalue weighted by molar-refractivity contribution is -0.144. The first kappa shape index (κ1) is 27.8. The van der Waals surface area contributed by atoms with Gasteiger partial charge in [-0.2, -0.15) is 52.7 Å². The third-order valence-corrected chi connectivity index (χ3v) is 4.80. The smallest absolute Gasteiger partial charge is 0.388 e. The summed E-state index contributed by atoms with van der Waals surface area (Å²) in [7, 11) is 0. The van der Waals surface area contributed by atoms with E-state index in [4.69, 9.17) is 0 Å². The summed E-state index contributed by atoms with van der Waals surface area (Å²) in [6.07, 6.45) is -24.7. The lowest BCUT2D eigenvalue weighted by atomic mass is 9.85. The highest BCUT2D eigenvalue weighted by molar-refractivity contribution is 5.38. The van der Waals surface area contributed by atoms with Crippen molar-refractivity contribution in [1.82, 2.24) is 0 Å². The number of rotatable bonds is 4. The van der Waals surface area contributed by atoms with Crippen LogP contribution in [0.4, 0.5) is 52.7 Å². The number of hydrogen-bond donors (Lipinski definition) is 2. The maximum atomic E-state index is 13.1. The number of halogens is 12. The van der Waals surface area contributed by atoms with E-state index in [-0.39, 0.29) is 36.4 Å². The van der Waals surface area contributed by atoms with Crippen LogP contribution in [0.1, 0.15) is 52.8 Å². The average Bonchev–Trinajstić information content (AvgIpc) is 2.64. The Bertz CT molecular complexity index is 965. The molecule has 34 heavy (non-hydrogen) atoms. The molecule has 0 spiro atoms. The summed E-state index contributed by atoms with van der Waals surface area (Å²) >= 11 is 0. The van der Waals surface area contributed by atoms with Crippen LogP contribution < -0.4 is 0 Å². The van der Waals surface area contributed by atoms with Crippen LogP contribution in [0, 0.1) is 0 Å². The second-order valence-corrected chi connectivity index (χ2v) is 7.63. The van der Waals surface area contributed by atoms with E-state index in [9.17, 15) is 62.9 Å². The standard InChI is InChI=1S/C20H14F12O2/c1-16(34,10-4-13(19(27,28)29)7-14(5-10)20(30,31)32)8-15(33)9-2-11(17(21,22)23)6-12(3-9)18(24,25)26/h2-7,15,33-34H,8H2,1H3. The van der Waals surface area contributed by atoms with E-state index < -0.39 is 76.2 Å². The van der Waals surface area contributed by atoms with Crippen LogP contribution in [0.2, 0.25) is 0 Å². The van der Waals surface area contributed by atoms with Crippen molar-refractivity contribution in [1.29, 1.82) is 0 Å². The van der Waals surface area contributed by atoms with Gasteiger partial charge in [0, 0.05) is 6.42 Å². The van der Waals surface area contributed by atoms with E-state index >= 15 is 0 Å². The van der Waals surface area contributed by atoms with Crippen LogP contribution >= 0.6 is 0 Å². The zero-order chi connectivity index (χ0) is 26.5. The number of alkyl halides is 12. The largest absolute Gasteiger partial charge is 0.416 e. The van der Waals surface area contributed by atoms with E-state index in [2.05, 4.69) is 0 Å². The molecule has 0 radical (unpaired) electrons. The summed E-state index contributed by atoms with van der Waals surface area (Å²) in [6, 6.07) is 0.0478. The summed E-state index contributed by atoms with van der Waals surface area (Å²) in [6.45, 7) is 0.657. The lowest BCUT2D eigenvalue weighted by Crippen LogP contribution is -2.26. The van der Waals surface area contributed by atoms with Gasteiger partial charge in [-0.15, -0.1) is 0 Å². The van der Waals surface area contributed by atoms with Gasteiger partial charge in [-0.25, -0.2) is 0 Å². The minimum atomic E-state index is -5.28. The second kappa shape index (κ2) is 8.63. The Balaban J connectivity index is 2.55. The summed E-state index contributed by atoms with van der Waals surface area (Å²) in [5.41, 5.74) is -12.0. The molecule has 0 saturated heterocycles. The van der Waals surface area contributed by atoms with Gasteiger partial charge in [0.25, 0.3) is 0 Å². The van der Waals surface area contributed by atoms with Gasteiger partial charge in [-0.05, 0) is 54.4 Å². The maximum Gasteiger partial charge on any atom is 0.416 e. The Morgan fingerprint density at radius 1 is 0.559 bits per heavy atom. The van der Waals surface area contributed by atoms with Crippen molar-refractivity contribution in [2.45, 2.75) is 49.8 Å². The van der Waals surface area contributed by atoms with Crippen LogP contribution in [0.3, 0.4) is 0 Å². The van der Waals surface area contributed by atoms with Gasteiger partial charge in [0.15, 0.2) is 0 Å². The van der Waals surface area contributed by atoms with Crippen molar-refractivity contribution in [3.05, 3.63) is 69.8 Å². The minimum Gasteiger partial charge on any atom is -0.388 e. The summed E-state index contributed by atoms with van der Waals surface area (Å²) < 4.78 is 156. The summed E-state index contributed by atoms with van der Waals surface area (Å²) in [5, 5.41) is 20.7. The van der Waals surface area contributed by atoms with Gasteiger partial charge < -0.3 is 10.2 Å². The highest BCUT2D eigenvalue weighted by Crippen LogP contribution is 2.42. The van der Waals surface area contributed by atoms with E-state index in [0.717, 1.165) is 0 Å². The van der Waals surface area contributed by atoms with Crippen molar-refractivity contribution in [2.75, 3.05) is 0 Å². The molecular formula is C20H14F12O2. The summed E-state index contributed by atoms with van der Waals surface area (Å²) in [4.78, 5) is 0. The van der Waals surface area contributed by atoms with Crippen LogP contribution in [0.25, 0.3) is 0 Å². The van der Waals surface area contributed by atoms with E-state index in [1.807, 2.05) is 0 Å². The van der Waals surface area contributed by atoms with Crippen LogP contribution in [0.15, 0.2) is 36.4 Å². The van der Waals surface area contributed by atoms with Crippen molar-refractivity contribution in [3.63, 3.8) is 0 Å². The first-order valence-electron chi connectivity index (χ1n) is 9.01. The molecule has 2 aromatic rings. The normalized spacial score (nSPS) is 16.3. The van der Waals surface area contributed by atoms with Crippen LogP contribution in [0.5, 0.6) is 0 Å². The number of aliphatic hydroxyl groups is 2. The molecule has 2 N–H and O–H groups in total. The molecule has 14 heteroatoms. The molecule has 0 fully saturated rings. The fourth-order valence-electron chi connectivity index (χ4n) is 3.05. The number of benzene rings is 2. The van der Waals surface area contributed by atoms with E-state index in [1.165, 1.54) is 0 Å². The zero-order valence-electron chi connectivity index (χ0n) is 16.7. The molecule has 0 heterocycles. The zero-order valence-corrected chi connectivity index (χ0v) is 16.7. The average molecular weight is 514 g/mol. The molecule has 2 unspecified atom stereocenters. The van der Waals surface area contributed by atoms with Gasteiger partial charge in [-0.1, -0.05) is 0 Å². The molecule has 0 bridgehead atoms. The Hall–Kier alpha value is -2.48. The topological polar surface area (TPSA) is 40.5 Å². The molecule has 0 aliphatic rings. The Morgan fingerprint density at radius 2 is 0.824 bits per heavy atom. The highest BCUT2D eigenvalue weighted by Gasteiger charge is 2.41. The third-order valence-electron chi connectivity index (χ3n) is 4.80. The maximum absolute atomic E-state index is 13.1.